The molecule has 0 spiro atoms. The highest BCUT2D eigenvalue weighted by Crippen LogP contribution is 2.28. The lowest BCUT2D eigenvalue weighted by molar-refractivity contribution is -0.119. The van der Waals surface area contributed by atoms with Crippen LogP contribution in [-0.2, 0) is 17.8 Å². The predicted octanol–water partition coefficient (Wildman–Crippen LogP) is 3.20. The van der Waals surface area contributed by atoms with E-state index in [0.717, 1.165) is 41.6 Å². The Morgan fingerprint density at radius 3 is 2.79 bits per heavy atom. The zero-order valence-electron chi connectivity index (χ0n) is 15.8. The van der Waals surface area contributed by atoms with Gasteiger partial charge in [0.25, 0.3) is 5.56 Å². The molecule has 6 nitrogen and oxygen atoms in total. The number of fused-ring (bicyclic) bond motifs is 1. The Hall–Kier alpha value is -3.15. The first kappa shape index (κ1) is 18.2. The van der Waals surface area contributed by atoms with Crippen molar-refractivity contribution in [3.8, 4) is 0 Å². The van der Waals surface area contributed by atoms with Gasteiger partial charge in [0.05, 0.1) is 28.8 Å². The molecule has 2 heterocycles. The van der Waals surface area contributed by atoms with Crippen molar-refractivity contribution >= 4 is 22.4 Å². The Kier molecular flexibility index (Phi) is 5.10. The fraction of sp³-hybridized carbons (Fsp3) is 0.318. The van der Waals surface area contributed by atoms with Gasteiger partial charge in [-0.25, -0.2) is 9.67 Å². The van der Waals surface area contributed by atoms with E-state index >= 15 is 0 Å². The number of carbonyl (C=O) groups excluding carboxylic acids is 1. The fourth-order valence-electron chi connectivity index (χ4n) is 3.44. The molecular weight excluding hydrogens is 352 g/mol. The molecule has 1 aliphatic carbocycles. The molecular formula is C22H22N4O2. The largest absolute Gasteiger partial charge is 0.297 e. The van der Waals surface area contributed by atoms with Crippen LogP contribution in [-0.4, -0.2) is 25.5 Å². The molecule has 28 heavy (non-hydrogen) atoms. The van der Waals surface area contributed by atoms with Gasteiger partial charge in [0.15, 0.2) is 5.78 Å². The van der Waals surface area contributed by atoms with Crippen molar-refractivity contribution in [2.75, 3.05) is 0 Å². The number of para-hydroxylation sites is 2. The first-order valence-corrected chi connectivity index (χ1v) is 9.58. The normalized spacial score (nSPS) is 16.8. The van der Waals surface area contributed by atoms with E-state index in [1.54, 1.807) is 12.3 Å². The molecule has 1 unspecified atom stereocenters. The second-order valence-corrected chi connectivity index (χ2v) is 7.39. The Balaban J connectivity index is 1.50. The molecule has 0 N–H and O–H groups in total. The Labute approximate surface area is 163 Å². The lowest BCUT2D eigenvalue weighted by Crippen LogP contribution is -2.27. The number of nitrogens with zero attached hydrogens (tertiary/aromatic N) is 4. The van der Waals surface area contributed by atoms with Crippen molar-refractivity contribution in [3.05, 3.63) is 70.4 Å². The topological polar surface area (TPSA) is 77.7 Å². The van der Waals surface area contributed by atoms with E-state index in [0.29, 0.717) is 11.6 Å². The van der Waals surface area contributed by atoms with Gasteiger partial charge < -0.3 is 0 Å². The summed E-state index contributed by atoms with van der Waals surface area (Å²) in [6.45, 7) is 2.17. The molecule has 0 fully saturated rings. The zero-order chi connectivity index (χ0) is 19.5. The summed E-state index contributed by atoms with van der Waals surface area (Å²) in [7, 11) is 0. The molecule has 0 radical (unpaired) electrons. The van der Waals surface area contributed by atoms with Crippen LogP contribution in [0.15, 0.2) is 53.5 Å². The van der Waals surface area contributed by atoms with Crippen LogP contribution in [0.3, 0.4) is 0 Å². The highest BCUT2D eigenvalue weighted by atomic mass is 16.1. The Bertz CT molecular complexity index is 1120. The molecule has 2 aromatic heterocycles. The van der Waals surface area contributed by atoms with Gasteiger partial charge in [0, 0.05) is 12.3 Å². The van der Waals surface area contributed by atoms with Crippen molar-refractivity contribution in [3.63, 3.8) is 0 Å². The van der Waals surface area contributed by atoms with Gasteiger partial charge in [-0.15, -0.1) is 0 Å². The maximum absolute atomic E-state index is 12.5. The van der Waals surface area contributed by atoms with Crippen LogP contribution in [0.2, 0.25) is 0 Å². The van der Waals surface area contributed by atoms with Crippen molar-refractivity contribution < 1.29 is 4.79 Å². The van der Waals surface area contributed by atoms with Crippen LogP contribution in [0.5, 0.6) is 0 Å². The number of allylic oxidation sites excluding steroid dienone is 2. The molecule has 0 aliphatic heterocycles. The SMILES string of the molecule is CC1CC=C(c2ccc(=O)n(CC(=O)Cc3cnc4ccccc4n3)n2)CC1. The molecule has 142 valence electrons. The number of rotatable bonds is 5. The standard InChI is InChI=1S/C22H22N4O2/c1-15-6-8-16(9-7-15)19-10-11-22(28)26(25-19)14-18(27)12-17-13-23-20-4-2-3-5-21(20)24-17/h2-5,8,10-11,13,15H,6-7,9,12,14H2,1H3. The van der Waals surface area contributed by atoms with Crippen molar-refractivity contribution in [1.82, 2.24) is 19.7 Å². The molecule has 1 aromatic carbocycles. The monoisotopic (exact) mass is 374 g/mol. The highest BCUT2D eigenvalue weighted by molar-refractivity contribution is 5.81. The molecule has 1 atom stereocenters. The second kappa shape index (κ2) is 7.84. The van der Waals surface area contributed by atoms with Crippen molar-refractivity contribution in [2.24, 2.45) is 5.92 Å². The molecule has 0 saturated carbocycles. The van der Waals surface area contributed by atoms with Crippen LogP contribution in [0, 0.1) is 5.92 Å². The molecule has 3 aromatic rings. The molecule has 0 bridgehead atoms. The summed E-state index contributed by atoms with van der Waals surface area (Å²) >= 11 is 0. The van der Waals surface area contributed by atoms with E-state index < -0.39 is 0 Å². The number of benzene rings is 1. The minimum absolute atomic E-state index is 0.0646. The first-order chi connectivity index (χ1) is 13.6. The number of hydrogen-bond acceptors (Lipinski definition) is 5. The maximum atomic E-state index is 12.5. The lowest BCUT2D eigenvalue weighted by atomic mass is 9.90. The summed E-state index contributed by atoms with van der Waals surface area (Å²) < 4.78 is 1.25. The Morgan fingerprint density at radius 2 is 2.00 bits per heavy atom. The highest BCUT2D eigenvalue weighted by Gasteiger charge is 2.15. The summed E-state index contributed by atoms with van der Waals surface area (Å²) in [6, 6.07) is 10.8. The van der Waals surface area contributed by atoms with Gasteiger partial charge in [-0.3, -0.25) is 14.6 Å². The molecule has 0 amide bonds. The number of carbonyl (C=O) groups is 1. The van der Waals surface area contributed by atoms with Crippen molar-refractivity contribution in [2.45, 2.75) is 39.2 Å². The third-order valence-corrected chi connectivity index (χ3v) is 5.07. The molecule has 6 heteroatoms. The second-order valence-electron chi connectivity index (χ2n) is 7.39. The quantitative estimate of drug-likeness (QED) is 0.685. The van der Waals surface area contributed by atoms with Gasteiger partial charge in [0.1, 0.15) is 6.54 Å². The number of Topliss-reactive ketones (excluding diaryl/α,β-unsaturated/α-hetero) is 1. The van der Waals surface area contributed by atoms with Crippen LogP contribution in [0.4, 0.5) is 0 Å². The zero-order valence-corrected chi connectivity index (χ0v) is 15.8. The Morgan fingerprint density at radius 1 is 1.18 bits per heavy atom. The summed E-state index contributed by atoms with van der Waals surface area (Å²) in [5.41, 5.74) is 3.80. The minimum atomic E-state index is -0.272. The number of ketones is 1. The molecule has 0 saturated heterocycles. The average molecular weight is 374 g/mol. The first-order valence-electron chi connectivity index (χ1n) is 9.58. The lowest BCUT2D eigenvalue weighted by Gasteiger charge is -2.18. The van der Waals surface area contributed by atoms with E-state index in [1.807, 2.05) is 24.3 Å². The van der Waals surface area contributed by atoms with E-state index in [2.05, 4.69) is 28.1 Å². The van der Waals surface area contributed by atoms with E-state index in [4.69, 9.17) is 0 Å². The van der Waals surface area contributed by atoms with Crippen LogP contribution in [0.25, 0.3) is 16.6 Å². The maximum Gasteiger partial charge on any atom is 0.267 e. The third-order valence-electron chi connectivity index (χ3n) is 5.07. The van der Waals surface area contributed by atoms with Gasteiger partial charge in [-0.05, 0) is 49.0 Å². The smallest absolute Gasteiger partial charge is 0.267 e. The summed E-state index contributed by atoms with van der Waals surface area (Å²) in [6.07, 6.45) is 7.02. The van der Waals surface area contributed by atoms with E-state index in [9.17, 15) is 9.59 Å². The van der Waals surface area contributed by atoms with Crippen LogP contribution >= 0.6 is 0 Å². The average Bonchev–Trinajstić information content (AvgIpc) is 2.70. The van der Waals surface area contributed by atoms with Crippen LogP contribution in [0.1, 0.15) is 37.6 Å². The molecule has 4 rings (SSSR count). The molecule has 1 aliphatic rings. The summed E-state index contributed by atoms with van der Waals surface area (Å²) in [4.78, 5) is 33.5. The summed E-state index contributed by atoms with van der Waals surface area (Å²) in [5.74, 6) is 0.557. The fourth-order valence-corrected chi connectivity index (χ4v) is 3.44. The third kappa shape index (κ3) is 4.06. The van der Waals surface area contributed by atoms with Gasteiger partial charge in [0.2, 0.25) is 0 Å². The van der Waals surface area contributed by atoms with Gasteiger partial charge in [-0.1, -0.05) is 25.1 Å². The van der Waals surface area contributed by atoms with Crippen molar-refractivity contribution in [1.29, 1.82) is 0 Å². The number of aromatic nitrogens is 4. The minimum Gasteiger partial charge on any atom is -0.297 e. The van der Waals surface area contributed by atoms with Gasteiger partial charge in [-0.2, -0.15) is 5.10 Å². The predicted molar refractivity (Wildman–Crippen MR) is 108 cm³/mol. The van der Waals surface area contributed by atoms with Crippen LogP contribution < -0.4 is 5.56 Å². The van der Waals surface area contributed by atoms with E-state index in [-0.39, 0.29) is 24.3 Å². The number of hydrogen-bond donors (Lipinski definition) is 0. The van der Waals surface area contributed by atoms with Gasteiger partial charge >= 0.3 is 0 Å². The summed E-state index contributed by atoms with van der Waals surface area (Å²) in [5, 5.41) is 4.43. The van der Waals surface area contributed by atoms with E-state index in [1.165, 1.54) is 10.7 Å².